The first-order valence-corrected chi connectivity index (χ1v) is 7.05. The van der Waals surface area contributed by atoms with E-state index in [1.54, 1.807) is 0 Å². The van der Waals surface area contributed by atoms with Crippen LogP contribution in [0.1, 0.15) is 58.3 Å². The van der Waals surface area contributed by atoms with Crippen molar-refractivity contribution in [3.8, 4) is 0 Å². The van der Waals surface area contributed by atoms with Crippen molar-refractivity contribution < 1.29 is 9.90 Å². The van der Waals surface area contributed by atoms with Gasteiger partial charge in [0.2, 0.25) is 0 Å². The first-order chi connectivity index (χ1) is 8.08. The Morgan fingerprint density at radius 3 is 2.76 bits per heavy atom. The molecule has 4 heteroatoms. The van der Waals surface area contributed by atoms with Gasteiger partial charge in [-0.15, -0.1) is 0 Å². The van der Waals surface area contributed by atoms with E-state index in [-0.39, 0.29) is 0 Å². The molecule has 1 aliphatic heterocycles. The third kappa shape index (κ3) is 4.70. The Balaban J connectivity index is 2.39. The lowest BCUT2D eigenvalue weighted by Gasteiger charge is -2.29. The van der Waals surface area contributed by atoms with Crippen LogP contribution < -0.4 is 5.32 Å². The maximum Gasteiger partial charge on any atom is 0.301 e. The zero-order valence-electron chi connectivity index (χ0n) is 11.3. The maximum absolute atomic E-state index is 11.4. The Bertz CT molecular complexity index is 242. The second-order valence-corrected chi connectivity index (χ2v) is 5.65. The second-order valence-electron chi connectivity index (χ2n) is 5.65. The topological polar surface area (TPSA) is 49.3 Å². The quantitative estimate of drug-likeness (QED) is 0.668. The van der Waals surface area contributed by atoms with Gasteiger partial charge in [0.15, 0.2) is 0 Å². The Morgan fingerprint density at radius 1 is 1.47 bits per heavy atom. The summed E-state index contributed by atoms with van der Waals surface area (Å²) < 4.78 is 0. The zero-order valence-corrected chi connectivity index (χ0v) is 11.3. The Hall–Kier alpha value is -0.505. The van der Waals surface area contributed by atoms with Crippen LogP contribution in [0.25, 0.3) is 0 Å². The third-order valence-electron chi connectivity index (χ3n) is 4.06. The Labute approximate surface area is 106 Å². The molecule has 1 rings (SSSR count). The monoisotopic (exact) mass is 239 g/mol. The van der Waals surface area contributed by atoms with Crippen molar-refractivity contribution in [1.29, 1.82) is 0 Å². The average Bonchev–Trinajstić information content (AvgIpc) is 2.35. The normalized spacial score (nSPS) is 24.2. The minimum absolute atomic E-state index is 0.519. The number of unbranched alkanes of at least 4 members (excludes halogenated alkanes) is 1. The van der Waals surface area contributed by atoms with Crippen molar-refractivity contribution >= 4 is 13.8 Å². The molecule has 3 nitrogen and oxygen atoms in total. The predicted molar refractivity (Wildman–Crippen MR) is 73.3 cm³/mol. The number of hydrogen-bond donors (Lipinski definition) is 2. The number of nitrogens with one attached hydrogen (secondary N) is 1. The molecule has 0 aliphatic carbocycles. The van der Waals surface area contributed by atoms with E-state index < -0.39 is 11.3 Å². The molecular formula is C13H26BNO2. The van der Waals surface area contributed by atoms with Crippen molar-refractivity contribution in [2.24, 2.45) is 0 Å². The van der Waals surface area contributed by atoms with Crippen molar-refractivity contribution in [3.05, 3.63) is 0 Å². The van der Waals surface area contributed by atoms with E-state index in [0.29, 0.717) is 6.04 Å². The minimum Gasteiger partial charge on any atom is -0.481 e. The number of carboxylic acids is 1. The van der Waals surface area contributed by atoms with Crippen molar-refractivity contribution in [2.45, 2.75) is 69.6 Å². The molecular weight excluding hydrogens is 213 g/mol. The van der Waals surface area contributed by atoms with E-state index in [1.165, 1.54) is 19.3 Å². The molecule has 0 aromatic heterocycles. The van der Waals surface area contributed by atoms with Crippen LogP contribution in [-0.4, -0.2) is 31.5 Å². The van der Waals surface area contributed by atoms with Gasteiger partial charge in [-0.05, 0) is 38.6 Å². The summed E-state index contributed by atoms with van der Waals surface area (Å²) in [4.78, 5) is 11.4. The molecule has 0 spiro atoms. The molecule has 2 N–H and O–H groups in total. The molecule has 17 heavy (non-hydrogen) atoms. The third-order valence-corrected chi connectivity index (χ3v) is 4.06. The molecule has 2 atom stereocenters. The van der Waals surface area contributed by atoms with Crippen LogP contribution in [0.2, 0.25) is 5.31 Å². The predicted octanol–water partition coefficient (Wildman–Crippen LogP) is 1.98. The molecule has 0 radical (unpaired) electrons. The highest BCUT2D eigenvalue weighted by molar-refractivity contribution is 6.26. The molecule has 0 saturated carbocycles. The average molecular weight is 239 g/mol. The van der Waals surface area contributed by atoms with Gasteiger partial charge in [0.05, 0.1) is 0 Å². The maximum atomic E-state index is 11.4. The first-order valence-electron chi connectivity index (χ1n) is 7.05. The molecule has 1 heterocycles. The lowest BCUT2D eigenvalue weighted by molar-refractivity contribution is -0.141. The molecule has 0 bridgehead atoms. The number of rotatable bonds is 7. The summed E-state index contributed by atoms with van der Waals surface area (Å²) in [5.41, 5.74) is 0. The van der Waals surface area contributed by atoms with Gasteiger partial charge in [0, 0.05) is 11.4 Å². The molecule has 2 unspecified atom stereocenters. The van der Waals surface area contributed by atoms with Crippen molar-refractivity contribution in [1.82, 2.24) is 5.32 Å². The summed E-state index contributed by atoms with van der Waals surface area (Å²) in [7, 11) is 1.91. The highest BCUT2D eigenvalue weighted by Crippen LogP contribution is 2.35. The fourth-order valence-electron chi connectivity index (χ4n) is 2.57. The summed E-state index contributed by atoms with van der Waals surface area (Å²) in [6, 6.07) is 0.545. The fraction of sp³-hybridized carbons (Fsp3) is 0.923. The highest BCUT2D eigenvalue weighted by atomic mass is 16.4. The van der Waals surface area contributed by atoms with Crippen molar-refractivity contribution in [3.63, 3.8) is 0 Å². The van der Waals surface area contributed by atoms with Gasteiger partial charge in [-0.1, -0.05) is 26.2 Å². The molecule has 0 aromatic rings. The van der Waals surface area contributed by atoms with Crippen LogP contribution in [-0.2, 0) is 4.79 Å². The van der Waals surface area contributed by atoms with E-state index >= 15 is 0 Å². The van der Waals surface area contributed by atoms with Crippen LogP contribution in [0.3, 0.4) is 0 Å². The standard InChI is InChI=1S/C13H26BNO2/c1-2-3-8-13(14,12(16)17)9-7-11-6-4-5-10-15-11/h11,15H,2-10,14H2,1H3,(H,16,17). The molecule has 1 fully saturated rings. The zero-order chi connectivity index (χ0) is 12.7. The Morgan fingerprint density at radius 2 is 2.24 bits per heavy atom. The second kappa shape index (κ2) is 7.05. The van der Waals surface area contributed by atoms with Gasteiger partial charge in [-0.2, -0.15) is 0 Å². The number of piperidine rings is 1. The highest BCUT2D eigenvalue weighted by Gasteiger charge is 2.32. The van der Waals surface area contributed by atoms with E-state index in [9.17, 15) is 9.90 Å². The SMILES string of the molecule is BC(CCCC)(CCC1CCCCN1)C(=O)O. The number of carbonyl (C=O) groups is 1. The summed E-state index contributed by atoms with van der Waals surface area (Å²) in [6.07, 6.45) is 8.48. The largest absolute Gasteiger partial charge is 0.481 e. The van der Waals surface area contributed by atoms with E-state index in [2.05, 4.69) is 12.2 Å². The van der Waals surface area contributed by atoms with E-state index in [1.807, 2.05) is 7.85 Å². The molecule has 98 valence electrons. The summed E-state index contributed by atoms with van der Waals surface area (Å²) >= 11 is 0. The lowest BCUT2D eigenvalue weighted by Crippen LogP contribution is -2.35. The Kier molecular flexibility index (Phi) is 6.03. The first kappa shape index (κ1) is 14.6. The minimum atomic E-state index is -0.623. The van der Waals surface area contributed by atoms with Crippen LogP contribution in [0.5, 0.6) is 0 Å². The van der Waals surface area contributed by atoms with E-state index in [4.69, 9.17) is 0 Å². The van der Waals surface area contributed by atoms with Crippen LogP contribution in [0, 0.1) is 0 Å². The van der Waals surface area contributed by atoms with Gasteiger partial charge >= 0.3 is 5.97 Å². The summed E-state index contributed by atoms with van der Waals surface area (Å²) in [5, 5.41) is 12.3. The summed E-state index contributed by atoms with van der Waals surface area (Å²) in [6.45, 7) is 3.22. The van der Waals surface area contributed by atoms with Gasteiger partial charge in [-0.3, -0.25) is 4.79 Å². The fourth-order valence-corrected chi connectivity index (χ4v) is 2.57. The number of carboxylic acid groups (broad SMARTS) is 1. The van der Waals surface area contributed by atoms with E-state index in [0.717, 1.165) is 38.6 Å². The van der Waals surface area contributed by atoms with Crippen LogP contribution in [0.4, 0.5) is 0 Å². The summed E-state index contributed by atoms with van der Waals surface area (Å²) in [5.74, 6) is -0.623. The molecule has 0 aromatic carbocycles. The smallest absolute Gasteiger partial charge is 0.301 e. The van der Waals surface area contributed by atoms with Crippen LogP contribution >= 0.6 is 0 Å². The molecule has 1 aliphatic rings. The van der Waals surface area contributed by atoms with Gasteiger partial charge in [0.1, 0.15) is 7.85 Å². The number of hydrogen-bond acceptors (Lipinski definition) is 2. The molecule has 1 saturated heterocycles. The van der Waals surface area contributed by atoms with Gasteiger partial charge < -0.3 is 10.4 Å². The van der Waals surface area contributed by atoms with Gasteiger partial charge in [-0.25, -0.2) is 0 Å². The van der Waals surface area contributed by atoms with Crippen molar-refractivity contribution in [2.75, 3.05) is 6.54 Å². The van der Waals surface area contributed by atoms with Gasteiger partial charge in [0.25, 0.3) is 0 Å². The van der Waals surface area contributed by atoms with Crippen LogP contribution in [0.15, 0.2) is 0 Å². The molecule has 0 amide bonds. The lowest BCUT2D eigenvalue weighted by atomic mass is 9.62. The number of aliphatic carboxylic acids is 1.